The van der Waals surface area contributed by atoms with Crippen molar-refractivity contribution in [2.45, 2.75) is 25.7 Å². The van der Waals surface area contributed by atoms with Crippen LogP contribution in [0.15, 0.2) is 23.2 Å². The Kier molecular flexibility index (Phi) is 3.54. The van der Waals surface area contributed by atoms with E-state index in [1.807, 2.05) is 20.8 Å². The van der Waals surface area contributed by atoms with Gasteiger partial charge in [0, 0.05) is 12.7 Å². The molecule has 1 aromatic heterocycles. The highest BCUT2D eigenvalue weighted by Crippen LogP contribution is 2.14. The van der Waals surface area contributed by atoms with Crippen LogP contribution in [0.2, 0.25) is 0 Å². The van der Waals surface area contributed by atoms with Crippen molar-refractivity contribution in [2.75, 3.05) is 12.3 Å². The Morgan fingerprint density at radius 3 is 2.44 bits per heavy atom. The van der Waals surface area contributed by atoms with Crippen LogP contribution >= 0.6 is 0 Å². The van der Waals surface area contributed by atoms with Crippen LogP contribution in [-0.2, 0) is 10.0 Å². The summed E-state index contributed by atoms with van der Waals surface area (Å²) in [5.41, 5.74) is 5.28. The molecule has 1 aromatic rings. The fraction of sp³-hybridized carbons (Fsp3) is 0.500. The average molecular weight is 243 g/mol. The molecule has 5 nitrogen and oxygen atoms in total. The third kappa shape index (κ3) is 3.79. The van der Waals surface area contributed by atoms with Crippen molar-refractivity contribution in [1.82, 2.24) is 9.71 Å². The Bertz CT molecular complexity index is 446. The van der Waals surface area contributed by atoms with Gasteiger partial charge in [-0.2, -0.15) is 0 Å². The van der Waals surface area contributed by atoms with Crippen molar-refractivity contribution < 1.29 is 8.42 Å². The molecule has 16 heavy (non-hydrogen) atoms. The van der Waals surface area contributed by atoms with Gasteiger partial charge in [0.05, 0.1) is 0 Å². The number of sulfonamides is 1. The molecule has 0 unspecified atom stereocenters. The second-order valence-electron chi connectivity index (χ2n) is 4.80. The first kappa shape index (κ1) is 12.9. The smallest absolute Gasteiger partial charge is 0.242 e. The Labute approximate surface area is 96.1 Å². The van der Waals surface area contributed by atoms with Crippen LogP contribution in [0.25, 0.3) is 0 Å². The van der Waals surface area contributed by atoms with Crippen molar-refractivity contribution in [1.29, 1.82) is 0 Å². The van der Waals surface area contributed by atoms with E-state index in [0.717, 1.165) is 0 Å². The predicted molar refractivity (Wildman–Crippen MR) is 63.3 cm³/mol. The molecular weight excluding hydrogens is 226 g/mol. The Morgan fingerprint density at radius 1 is 1.38 bits per heavy atom. The summed E-state index contributed by atoms with van der Waals surface area (Å²) in [4.78, 5) is 3.88. The van der Waals surface area contributed by atoms with Gasteiger partial charge >= 0.3 is 0 Å². The van der Waals surface area contributed by atoms with Gasteiger partial charge in [-0.05, 0) is 17.5 Å². The standard InChI is InChI=1S/C10H17N3O2S/c1-10(2,3)7-13-16(14,15)8-4-5-9(11)12-6-8/h4-6,13H,7H2,1-3H3,(H2,11,12). The van der Waals surface area contributed by atoms with Crippen LogP contribution in [0.4, 0.5) is 5.82 Å². The van der Waals surface area contributed by atoms with Crippen molar-refractivity contribution in [3.8, 4) is 0 Å². The van der Waals surface area contributed by atoms with Gasteiger partial charge in [0.1, 0.15) is 10.7 Å². The van der Waals surface area contributed by atoms with E-state index in [4.69, 9.17) is 5.73 Å². The van der Waals surface area contributed by atoms with Gasteiger partial charge in [0.25, 0.3) is 0 Å². The number of rotatable bonds is 3. The molecule has 0 saturated heterocycles. The van der Waals surface area contributed by atoms with Crippen molar-refractivity contribution in [2.24, 2.45) is 5.41 Å². The van der Waals surface area contributed by atoms with E-state index in [9.17, 15) is 8.42 Å². The van der Waals surface area contributed by atoms with E-state index < -0.39 is 10.0 Å². The first-order chi connectivity index (χ1) is 7.21. The zero-order valence-electron chi connectivity index (χ0n) is 9.69. The number of hydrogen-bond donors (Lipinski definition) is 2. The predicted octanol–water partition coefficient (Wildman–Crippen LogP) is 0.988. The molecule has 3 N–H and O–H groups in total. The van der Waals surface area contributed by atoms with Crippen LogP contribution in [0.1, 0.15) is 20.8 Å². The van der Waals surface area contributed by atoms with Gasteiger partial charge in [0.15, 0.2) is 0 Å². The fourth-order valence-corrected chi connectivity index (χ4v) is 2.17. The molecule has 0 amide bonds. The Hall–Kier alpha value is -1.14. The number of aromatic nitrogens is 1. The molecule has 0 aromatic carbocycles. The summed E-state index contributed by atoms with van der Waals surface area (Å²) < 4.78 is 26.1. The lowest BCUT2D eigenvalue weighted by atomic mass is 9.98. The lowest BCUT2D eigenvalue weighted by Gasteiger charge is -2.18. The highest BCUT2D eigenvalue weighted by Gasteiger charge is 2.18. The molecular formula is C10H17N3O2S. The van der Waals surface area contributed by atoms with Gasteiger partial charge in [-0.3, -0.25) is 0 Å². The molecule has 0 saturated carbocycles. The van der Waals surface area contributed by atoms with Crippen LogP contribution in [0.3, 0.4) is 0 Å². The van der Waals surface area contributed by atoms with E-state index >= 15 is 0 Å². The summed E-state index contributed by atoms with van der Waals surface area (Å²) in [6.45, 7) is 6.24. The SMILES string of the molecule is CC(C)(C)CNS(=O)(=O)c1ccc(N)nc1. The van der Waals surface area contributed by atoms with Crippen molar-refractivity contribution in [3.63, 3.8) is 0 Å². The first-order valence-corrected chi connectivity index (χ1v) is 6.40. The summed E-state index contributed by atoms with van der Waals surface area (Å²) in [6, 6.07) is 2.90. The zero-order valence-corrected chi connectivity index (χ0v) is 10.5. The second-order valence-corrected chi connectivity index (χ2v) is 6.57. The minimum atomic E-state index is -3.48. The highest BCUT2D eigenvalue weighted by atomic mass is 32.2. The van der Waals surface area contributed by atoms with Gasteiger partial charge in [-0.1, -0.05) is 20.8 Å². The summed E-state index contributed by atoms with van der Waals surface area (Å²) in [5, 5.41) is 0. The van der Waals surface area contributed by atoms with Crippen molar-refractivity contribution in [3.05, 3.63) is 18.3 Å². The number of nitrogens with one attached hydrogen (secondary N) is 1. The minimum Gasteiger partial charge on any atom is -0.384 e. The van der Waals surface area contributed by atoms with E-state index in [-0.39, 0.29) is 10.3 Å². The molecule has 0 bridgehead atoms. The van der Waals surface area contributed by atoms with E-state index in [0.29, 0.717) is 12.4 Å². The second kappa shape index (κ2) is 4.39. The van der Waals surface area contributed by atoms with Gasteiger partial charge in [-0.25, -0.2) is 18.1 Å². The zero-order chi connectivity index (χ0) is 12.4. The highest BCUT2D eigenvalue weighted by molar-refractivity contribution is 7.89. The maximum Gasteiger partial charge on any atom is 0.242 e. The van der Waals surface area contributed by atoms with Crippen LogP contribution in [-0.4, -0.2) is 19.9 Å². The molecule has 0 aliphatic carbocycles. The van der Waals surface area contributed by atoms with Gasteiger partial charge in [-0.15, -0.1) is 0 Å². The molecule has 0 fully saturated rings. The topological polar surface area (TPSA) is 85.1 Å². The largest absolute Gasteiger partial charge is 0.384 e. The van der Waals surface area contributed by atoms with Crippen LogP contribution in [0.5, 0.6) is 0 Å². The monoisotopic (exact) mass is 243 g/mol. The normalized spacial score (nSPS) is 12.7. The number of anilines is 1. The maximum atomic E-state index is 11.8. The lowest BCUT2D eigenvalue weighted by Crippen LogP contribution is -2.32. The van der Waals surface area contributed by atoms with Gasteiger partial charge in [0.2, 0.25) is 10.0 Å². The minimum absolute atomic E-state index is 0.103. The number of pyridine rings is 1. The third-order valence-electron chi connectivity index (χ3n) is 1.86. The number of nitrogens with two attached hydrogens (primary N) is 1. The third-order valence-corrected chi connectivity index (χ3v) is 3.25. The van der Waals surface area contributed by atoms with Crippen LogP contribution < -0.4 is 10.5 Å². The number of nitrogen functional groups attached to an aromatic ring is 1. The summed E-state index contributed by atoms with van der Waals surface area (Å²) in [6.07, 6.45) is 1.25. The lowest BCUT2D eigenvalue weighted by molar-refractivity contribution is 0.407. The summed E-state index contributed by atoms with van der Waals surface area (Å²) in [7, 11) is -3.48. The first-order valence-electron chi connectivity index (χ1n) is 4.92. The van der Waals surface area contributed by atoms with E-state index in [1.54, 1.807) is 0 Å². The molecule has 0 aliphatic rings. The fourth-order valence-electron chi connectivity index (χ4n) is 0.946. The van der Waals surface area contributed by atoms with Gasteiger partial charge < -0.3 is 5.73 Å². The molecule has 0 radical (unpaired) electrons. The molecule has 1 rings (SSSR count). The van der Waals surface area contributed by atoms with E-state index in [2.05, 4.69) is 9.71 Å². The quantitative estimate of drug-likeness (QED) is 0.829. The number of nitrogens with zero attached hydrogens (tertiary/aromatic N) is 1. The molecule has 0 atom stereocenters. The molecule has 0 spiro atoms. The summed E-state index contributed by atoms with van der Waals surface area (Å²) in [5.74, 6) is 0.301. The maximum absolute atomic E-state index is 11.8. The summed E-state index contributed by atoms with van der Waals surface area (Å²) >= 11 is 0. The number of hydrogen-bond acceptors (Lipinski definition) is 4. The van der Waals surface area contributed by atoms with Crippen LogP contribution in [0, 0.1) is 5.41 Å². The molecule has 1 heterocycles. The Morgan fingerprint density at radius 2 is 2.00 bits per heavy atom. The molecule has 0 aliphatic heterocycles. The average Bonchev–Trinajstić information content (AvgIpc) is 2.15. The van der Waals surface area contributed by atoms with E-state index in [1.165, 1.54) is 18.3 Å². The molecule has 90 valence electrons. The Balaban J connectivity index is 2.83. The molecule has 6 heteroatoms. The van der Waals surface area contributed by atoms with Crippen molar-refractivity contribution >= 4 is 15.8 Å².